The zero-order valence-electron chi connectivity index (χ0n) is 15.9. The monoisotopic (exact) mass is 415 g/mol. The van der Waals surface area contributed by atoms with Crippen LogP contribution < -0.4 is 10.6 Å². The average molecular weight is 415 g/mol. The number of nitrogens with two attached hydrogens (primary N) is 1. The summed E-state index contributed by atoms with van der Waals surface area (Å²) in [5, 5.41) is 0. The summed E-state index contributed by atoms with van der Waals surface area (Å²) in [6.07, 6.45) is 9.32. The second kappa shape index (κ2) is 7.39. The van der Waals surface area contributed by atoms with Gasteiger partial charge in [-0.05, 0) is 24.8 Å². The molecule has 1 aliphatic rings. The third-order valence-electron chi connectivity index (χ3n) is 4.90. The Morgan fingerprint density at radius 3 is 2.86 bits per heavy atom. The van der Waals surface area contributed by atoms with E-state index in [4.69, 9.17) is 5.73 Å². The Kier molecular flexibility index (Phi) is 4.91. The maximum absolute atomic E-state index is 11.7. The van der Waals surface area contributed by atoms with Gasteiger partial charge in [0.2, 0.25) is 0 Å². The van der Waals surface area contributed by atoms with E-state index in [2.05, 4.69) is 24.8 Å². The van der Waals surface area contributed by atoms with Crippen LogP contribution in [0.5, 0.6) is 0 Å². The molecular weight excluding hydrogens is 394 g/mol. The van der Waals surface area contributed by atoms with E-state index in [-0.39, 0.29) is 17.4 Å². The number of rotatable bonds is 5. The molecule has 0 aromatic carbocycles. The zero-order chi connectivity index (χ0) is 20.6. The van der Waals surface area contributed by atoms with Crippen molar-refractivity contribution < 1.29 is 13.2 Å². The van der Waals surface area contributed by atoms with Crippen LogP contribution in [0.15, 0.2) is 30.9 Å². The fourth-order valence-electron chi connectivity index (χ4n) is 3.67. The van der Waals surface area contributed by atoms with E-state index in [1.165, 1.54) is 18.6 Å². The van der Waals surface area contributed by atoms with Gasteiger partial charge in [0, 0.05) is 31.7 Å². The number of imidazole rings is 1. The number of sulfone groups is 1. The Balaban J connectivity index is 1.65. The first-order chi connectivity index (χ1) is 13.8. The summed E-state index contributed by atoms with van der Waals surface area (Å²) in [6.45, 7) is 1.44. The topological polar surface area (TPSA) is 136 Å². The second-order valence-electron chi connectivity index (χ2n) is 7.29. The normalized spacial score (nSPS) is 17.6. The molecule has 152 valence electrons. The zero-order valence-corrected chi connectivity index (χ0v) is 16.7. The Morgan fingerprint density at radius 1 is 1.28 bits per heavy atom. The molecule has 1 saturated heterocycles. The molecule has 4 heterocycles. The largest absolute Gasteiger partial charge is 0.364 e. The van der Waals surface area contributed by atoms with E-state index in [9.17, 15) is 13.2 Å². The summed E-state index contributed by atoms with van der Waals surface area (Å²) in [7, 11) is -3.02. The quantitative estimate of drug-likeness (QED) is 0.638. The summed E-state index contributed by atoms with van der Waals surface area (Å²) < 4.78 is 25.0. The van der Waals surface area contributed by atoms with Crippen LogP contribution in [0, 0.1) is 5.92 Å². The lowest BCUT2D eigenvalue weighted by atomic mass is 10.0. The van der Waals surface area contributed by atoms with Crippen LogP contribution in [-0.4, -0.2) is 63.8 Å². The molecule has 11 heteroatoms. The summed E-state index contributed by atoms with van der Waals surface area (Å²) >= 11 is 0. The van der Waals surface area contributed by atoms with Crippen LogP contribution in [-0.2, 0) is 9.84 Å². The number of amides is 1. The van der Waals surface area contributed by atoms with E-state index in [1.807, 2.05) is 6.07 Å². The lowest BCUT2D eigenvalue weighted by Gasteiger charge is -2.33. The van der Waals surface area contributed by atoms with Crippen LogP contribution in [0.1, 0.15) is 23.3 Å². The number of anilines is 1. The average Bonchev–Trinajstić information content (AvgIpc) is 3.10. The van der Waals surface area contributed by atoms with Gasteiger partial charge in [-0.2, -0.15) is 0 Å². The van der Waals surface area contributed by atoms with Crippen LogP contribution in [0.4, 0.5) is 5.82 Å². The molecular formula is C18H21N7O3S. The molecule has 0 spiro atoms. The SMILES string of the molecule is CS(=O)(=O)CC1CCCN(c2ccnc(-c3cnc4cnc(C(N)=O)cn34)n2)C1. The van der Waals surface area contributed by atoms with Crippen LogP contribution in [0.3, 0.4) is 0 Å². The van der Waals surface area contributed by atoms with E-state index in [1.54, 1.807) is 16.8 Å². The van der Waals surface area contributed by atoms with Crippen molar-refractivity contribution in [3.8, 4) is 11.5 Å². The van der Waals surface area contributed by atoms with Gasteiger partial charge in [0.05, 0.1) is 18.1 Å². The number of fused-ring (bicyclic) bond motifs is 1. The first-order valence-electron chi connectivity index (χ1n) is 9.19. The molecule has 1 aliphatic heterocycles. The highest BCUT2D eigenvalue weighted by Gasteiger charge is 2.24. The molecule has 2 N–H and O–H groups in total. The smallest absolute Gasteiger partial charge is 0.268 e. The van der Waals surface area contributed by atoms with Gasteiger partial charge in [0.15, 0.2) is 11.5 Å². The first kappa shape index (κ1) is 19.2. The van der Waals surface area contributed by atoms with E-state index in [0.29, 0.717) is 23.7 Å². The minimum absolute atomic E-state index is 0.0807. The number of piperidine rings is 1. The van der Waals surface area contributed by atoms with Crippen molar-refractivity contribution in [3.63, 3.8) is 0 Å². The van der Waals surface area contributed by atoms with Crippen LogP contribution >= 0.6 is 0 Å². The highest BCUT2D eigenvalue weighted by Crippen LogP contribution is 2.25. The molecule has 10 nitrogen and oxygen atoms in total. The van der Waals surface area contributed by atoms with E-state index < -0.39 is 15.7 Å². The number of hydrogen-bond donors (Lipinski definition) is 1. The second-order valence-corrected chi connectivity index (χ2v) is 9.48. The molecule has 1 fully saturated rings. The number of hydrogen-bond acceptors (Lipinski definition) is 8. The molecule has 3 aromatic heterocycles. The minimum atomic E-state index is -3.02. The molecule has 0 bridgehead atoms. The molecule has 1 unspecified atom stereocenters. The highest BCUT2D eigenvalue weighted by molar-refractivity contribution is 7.90. The van der Waals surface area contributed by atoms with Gasteiger partial charge in [-0.3, -0.25) is 9.20 Å². The predicted octanol–water partition coefficient (Wildman–Crippen LogP) is 0.546. The van der Waals surface area contributed by atoms with E-state index in [0.717, 1.165) is 25.2 Å². The molecule has 0 radical (unpaired) electrons. The number of primary amides is 1. The lowest BCUT2D eigenvalue weighted by Crippen LogP contribution is -2.38. The molecule has 29 heavy (non-hydrogen) atoms. The van der Waals surface area contributed by atoms with Crippen LogP contribution in [0.25, 0.3) is 17.2 Å². The number of aromatic nitrogens is 5. The van der Waals surface area contributed by atoms with Gasteiger partial charge < -0.3 is 10.6 Å². The van der Waals surface area contributed by atoms with Crippen molar-refractivity contribution >= 4 is 27.2 Å². The van der Waals surface area contributed by atoms with Gasteiger partial charge >= 0.3 is 0 Å². The maximum atomic E-state index is 11.7. The number of carbonyl (C=O) groups is 1. The first-order valence-corrected chi connectivity index (χ1v) is 11.3. The lowest BCUT2D eigenvalue weighted by molar-refractivity contribution is 0.0995. The Morgan fingerprint density at radius 2 is 2.10 bits per heavy atom. The molecule has 1 atom stereocenters. The number of nitrogens with zero attached hydrogens (tertiary/aromatic N) is 6. The fraction of sp³-hybridized carbons (Fsp3) is 0.389. The van der Waals surface area contributed by atoms with Gasteiger partial charge in [0.25, 0.3) is 5.91 Å². The predicted molar refractivity (Wildman–Crippen MR) is 107 cm³/mol. The van der Waals surface area contributed by atoms with Crippen molar-refractivity contribution in [3.05, 3.63) is 36.5 Å². The molecule has 4 rings (SSSR count). The van der Waals surface area contributed by atoms with Crippen molar-refractivity contribution in [2.45, 2.75) is 12.8 Å². The highest BCUT2D eigenvalue weighted by atomic mass is 32.2. The third-order valence-corrected chi connectivity index (χ3v) is 5.98. The van der Waals surface area contributed by atoms with Gasteiger partial charge in [-0.25, -0.2) is 28.4 Å². The molecule has 0 saturated carbocycles. The number of carbonyl (C=O) groups excluding carboxylic acids is 1. The van der Waals surface area contributed by atoms with Gasteiger partial charge in [0.1, 0.15) is 27.0 Å². The van der Waals surface area contributed by atoms with Crippen molar-refractivity contribution in [1.29, 1.82) is 0 Å². The minimum Gasteiger partial charge on any atom is -0.364 e. The molecule has 0 aliphatic carbocycles. The Hall–Kier alpha value is -3.08. The fourth-order valence-corrected chi connectivity index (χ4v) is 4.80. The summed E-state index contributed by atoms with van der Waals surface area (Å²) in [6, 6.07) is 1.81. The Labute approximate surface area is 167 Å². The molecule has 3 aromatic rings. The summed E-state index contributed by atoms with van der Waals surface area (Å²) in [4.78, 5) is 30.8. The Bertz CT molecular complexity index is 1180. The van der Waals surface area contributed by atoms with Crippen molar-refractivity contribution in [2.24, 2.45) is 11.7 Å². The van der Waals surface area contributed by atoms with Crippen LogP contribution in [0.2, 0.25) is 0 Å². The standard InChI is InChI=1S/C18H21N7O3S/c1-29(27,28)11-12-3-2-6-24(9-12)15-4-5-20-18(23-15)14-7-22-16-8-21-13(17(19)26)10-25(14)16/h4-5,7-8,10,12H,2-3,6,9,11H2,1H3,(H2,19,26). The van der Waals surface area contributed by atoms with Gasteiger partial charge in [-0.15, -0.1) is 0 Å². The van der Waals surface area contributed by atoms with Crippen molar-refractivity contribution in [1.82, 2.24) is 24.3 Å². The van der Waals surface area contributed by atoms with E-state index >= 15 is 0 Å². The summed E-state index contributed by atoms with van der Waals surface area (Å²) in [5.41, 5.74) is 6.60. The van der Waals surface area contributed by atoms with Gasteiger partial charge in [-0.1, -0.05) is 0 Å². The molecule has 1 amide bonds. The summed E-state index contributed by atoms with van der Waals surface area (Å²) in [5.74, 6) is 0.801. The third kappa shape index (κ3) is 4.19. The van der Waals surface area contributed by atoms with Crippen molar-refractivity contribution in [2.75, 3.05) is 30.0 Å². The maximum Gasteiger partial charge on any atom is 0.268 e.